The highest BCUT2D eigenvalue weighted by molar-refractivity contribution is 5.76. The van der Waals surface area contributed by atoms with Crippen LogP contribution in [0, 0.1) is 0 Å². The third-order valence-electron chi connectivity index (χ3n) is 18.6. The molecule has 0 aromatic rings. The van der Waals surface area contributed by atoms with E-state index in [2.05, 4.69) is 31.3 Å². The summed E-state index contributed by atoms with van der Waals surface area (Å²) in [4.78, 5) is 24.6. The Balaban J connectivity index is 3.35. The van der Waals surface area contributed by atoms with Gasteiger partial charge in [-0.15, -0.1) is 0 Å². The minimum Gasteiger partial charge on any atom is -0.466 e. The minimum atomic E-state index is -0.663. The third kappa shape index (κ3) is 69.7. The normalized spacial score (nSPS) is 12.5. The summed E-state index contributed by atoms with van der Waals surface area (Å²) < 4.78 is 5.49. The van der Waals surface area contributed by atoms with Crippen molar-refractivity contribution in [2.24, 2.45) is 0 Å². The second kappa shape index (κ2) is 74.1. The number of hydrogen-bond donors (Lipinski definition) is 3. The van der Waals surface area contributed by atoms with Crippen LogP contribution in [0.25, 0.3) is 0 Å². The molecule has 0 aromatic carbocycles. The molecule has 0 saturated heterocycles. The number of amides is 1. The number of unbranched alkanes of at least 4 members (excludes halogenated alkanes) is 61. The van der Waals surface area contributed by atoms with Gasteiger partial charge in [0.2, 0.25) is 5.91 Å². The van der Waals surface area contributed by atoms with Gasteiger partial charge in [0.05, 0.1) is 25.4 Å². The summed E-state index contributed by atoms with van der Waals surface area (Å²) in [6, 6.07) is -0.540. The average molecular weight is 1190 g/mol. The highest BCUT2D eigenvalue weighted by Gasteiger charge is 2.20. The van der Waals surface area contributed by atoms with Crippen LogP contribution < -0.4 is 5.32 Å². The minimum absolute atomic E-state index is 0.0201. The first-order valence-electron chi connectivity index (χ1n) is 38.9. The van der Waals surface area contributed by atoms with Crippen LogP contribution in [0.1, 0.15) is 450 Å². The van der Waals surface area contributed by atoms with Crippen LogP contribution in [0.2, 0.25) is 0 Å². The van der Waals surface area contributed by atoms with E-state index in [0.717, 1.165) is 38.5 Å². The summed E-state index contributed by atoms with van der Waals surface area (Å²) in [6.45, 7) is 5.01. The molecule has 0 aromatic heterocycles. The maximum atomic E-state index is 12.6. The number of esters is 1. The molecule has 0 spiro atoms. The predicted molar refractivity (Wildman–Crippen MR) is 370 cm³/mol. The SMILES string of the molecule is CCCCCCCCCCCCCCCCCCCCCCCCCC(O)C(CO)NC(=O)CCCCCCCCCCCCCCCCCC/C=C\CCCCCCCCCCCCCCOC(=O)CCCCCCCCCCCCCC. The number of nitrogens with one attached hydrogen (secondary N) is 1. The maximum absolute atomic E-state index is 12.6. The fourth-order valence-corrected chi connectivity index (χ4v) is 12.6. The molecule has 2 unspecified atom stereocenters. The molecular weight excluding hydrogens is 1030 g/mol. The van der Waals surface area contributed by atoms with Gasteiger partial charge in [-0.25, -0.2) is 0 Å². The van der Waals surface area contributed by atoms with E-state index in [-0.39, 0.29) is 18.5 Å². The quantitative estimate of drug-likeness (QED) is 0.0320. The number of hydrogen-bond acceptors (Lipinski definition) is 5. The van der Waals surface area contributed by atoms with Gasteiger partial charge in [-0.05, 0) is 51.4 Å². The number of carbonyl (C=O) groups excluding carboxylic acids is 2. The molecule has 0 fully saturated rings. The van der Waals surface area contributed by atoms with Crippen LogP contribution in [0.3, 0.4) is 0 Å². The maximum Gasteiger partial charge on any atom is 0.305 e. The molecule has 500 valence electrons. The van der Waals surface area contributed by atoms with E-state index in [1.165, 1.54) is 379 Å². The van der Waals surface area contributed by atoms with Crippen molar-refractivity contribution in [1.29, 1.82) is 0 Å². The summed E-state index contributed by atoms with van der Waals surface area (Å²) in [5, 5.41) is 23.5. The Kier molecular flexibility index (Phi) is 72.8. The Labute approximate surface area is 527 Å². The topological polar surface area (TPSA) is 95.9 Å². The fraction of sp³-hybridized carbons (Fsp3) is 0.949. The van der Waals surface area contributed by atoms with Crippen LogP contribution >= 0.6 is 0 Å². The van der Waals surface area contributed by atoms with E-state index >= 15 is 0 Å². The molecule has 0 heterocycles. The first-order chi connectivity index (χ1) is 41.5. The molecule has 3 N–H and O–H groups in total. The molecule has 2 atom stereocenters. The van der Waals surface area contributed by atoms with Crippen LogP contribution in [-0.2, 0) is 14.3 Å². The first kappa shape index (κ1) is 82.6. The van der Waals surface area contributed by atoms with Crippen LogP contribution in [-0.4, -0.2) is 47.4 Å². The monoisotopic (exact) mass is 1180 g/mol. The van der Waals surface area contributed by atoms with Gasteiger partial charge in [0, 0.05) is 12.8 Å². The van der Waals surface area contributed by atoms with E-state index < -0.39 is 12.1 Å². The Hall–Kier alpha value is -1.40. The fourth-order valence-electron chi connectivity index (χ4n) is 12.6. The van der Waals surface area contributed by atoms with Gasteiger partial charge in [-0.2, -0.15) is 0 Å². The van der Waals surface area contributed by atoms with Crippen molar-refractivity contribution < 1.29 is 24.5 Å². The molecule has 0 saturated carbocycles. The van der Waals surface area contributed by atoms with Gasteiger partial charge in [-0.3, -0.25) is 9.59 Å². The van der Waals surface area contributed by atoms with Gasteiger partial charge in [0.25, 0.3) is 0 Å². The lowest BCUT2D eigenvalue weighted by molar-refractivity contribution is -0.143. The molecule has 0 aliphatic heterocycles. The smallest absolute Gasteiger partial charge is 0.305 e. The van der Waals surface area contributed by atoms with Gasteiger partial charge >= 0.3 is 5.97 Å². The summed E-state index contributed by atoms with van der Waals surface area (Å²) in [6.07, 6.45) is 93.0. The highest BCUT2D eigenvalue weighted by atomic mass is 16.5. The lowest BCUT2D eigenvalue weighted by Crippen LogP contribution is -2.45. The van der Waals surface area contributed by atoms with Crippen LogP contribution in [0.5, 0.6) is 0 Å². The number of aliphatic hydroxyl groups excluding tert-OH is 2. The van der Waals surface area contributed by atoms with E-state index in [1.54, 1.807) is 0 Å². The third-order valence-corrected chi connectivity index (χ3v) is 18.6. The van der Waals surface area contributed by atoms with Crippen molar-refractivity contribution in [3.05, 3.63) is 12.2 Å². The van der Waals surface area contributed by atoms with Crippen molar-refractivity contribution in [3.63, 3.8) is 0 Å². The first-order valence-corrected chi connectivity index (χ1v) is 38.9. The van der Waals surface area contributed by atoms with E-state index in [9.17, 15) is 19.8 Å². The summed E-state index contributed by atoms with van der Waals surface area (Å²) in [5.74, 6) is -0.00636. The summed E-state index contributed by atoms with van der Waals surface area (Å²) in [5.41, 5.74) is 0. The zero-order valence-corrected chi connectivity index (χ0v) is 57.4. The number of allylic oxidation sites excluding steroid dienone is 2. The lowest BCUT2D eigenvalue weighted by Gasteiger charge is -2.22. The van der Waals surface area contributed by atoms with E-state index in [1.807, 2.05) is 0 Å². The molecule has 84 heavy (non-hydrogen) atoms. The predicted octanol–water partition coefficient (Wildman–Crippen LogP) is 25.5. The van der Waals surface area contributed by atoms with Crippen molar-refractivity contribution in [3.8, 4) is 0 Å². The Morgan fingerprint density at radius 1 is 0.321 bits per heavy atom. The second-order valence-corrected chi connectivity index (χ2v) is 27.0. The van der Waals surface area contributed by atoms with Gasteiger partial charge in [0.15, 0.2) is 0 Å². The summed E-state index contributed by atoms with van der Waals surface area (Å²) in [7, 11) is 0. The Morgan fingerprint density at radius 3 is 0.845 bits per heavy atom. The van der Waals surface area contributed by atoms with Crippen molar-refractivity contribution in [1.82, 2.24) is 5.32 Å². The molecule has 0 radical (unpaired) electrons. The highest BCUT2D eigenvalue weighted by Crippen LogP contribution is 2.20. The number of ether oxygens (including phenoxy) is 1. The van der Waals surface area contributed by atoms with Crippen LogP contribution in [0.4, 0.5) is 0 Å². The van der Waals surface area contributed by atoms with Crippen molar-refractivity contribution in [2.75, 3.05) is 13.2 Å². The van der Waals surface area contributed by atoms with E-state index in [0.29, 0.717) is 25.9 Å². The van der Waals surface area contributed by atoms with E-state index in [4.69, 9.17) is 4.74 Å². The zero-order chi connectivity index (χ0) is 60.6. The van der Waals surface area contributed by atoms with Crippen molar-refractivity contribution >= 4 is 11.9 Å². The number of rotatable bonds is 74. The number of carbonyl (C=O) groups is 2. The van der Waals surface area contributed by atoms with Crippen molar-refractivity contribution in [2.45, 2.75) is 463 Å². The molecule has 0 aliphatic carbocycles. The Bertz CT molecular complexity index is 1270. The molecule has 0 bridgehead atoms. The largest absolute Gasteiger partial charge is 0.466 e. The van der Waals surface area contributed by atoms with Gasteiger partial charge in [-0.1, -0.05) is 398 Å². The molecule has 0 rings (SSSR count). The average Bonchev–Trinajstić information content (AvgIpc) is 3.51. The zero-order valence-electron chi connectivity index (χ0n) is 57.4. The second-order valence-electron chi connectivity index (χ2n) is 27.0. The Morgan fingerprint density at radius 2 is 0.560 bits per heavy atom. The standard InChI is InChI=1S/C78H153NO5/c1-3-5-7-9-11-13-15-17-18-19-20-21-32-35-38-41-44-47-50-54-58-62-66-70-76(81)75(74-80)79-77(82)71-67-63-59-55-51-48-45-42-39-36-33-30-28-26-24-22-23-25-27-29-31-34-37-40-43-46-49-53-57-61-65-69-73-84-78(83)72-68-64-60-56-52-16-14-12-10-8-6-4-2/h25,27,75-76,80-81H,3-24,26,28-74H2,1-2H3,(H,79,82)/b27-25-. The van der Waals surface area contributed by atoms with Gasteiger partial charge < -0.3 is 20.3 Å². The van der Waals surface area contributed by atoms with Crippen LogP contribution in [0.15, 0.2) is 12.2 Å². The number of aliphatic hydroxyl groups is 2. The molecule has 0 aliphatic rings. The molecular formula is C78H153NO5. The molecule has 6 heteroatoms. The van der Waals surface area contributed by atoms with Gasteiger partial charge in [0.1, 0.15) is 0 Å². The summed E-state index contributed by atoms with van der Waals surface area (Å²) >= 11 is 0. The molecule has 1 amide bonds. The lowest BCUT2D eigenvalue weighted by atomic mass is 10.0. The molecule has 6 nitrogen and oxygen atoms in total.